The van der Waals surface area contributed by atoms with Gasteiger partial charge < -0.3 is 20.4 Å². The van der Waals surface area contributed by atoms with Gasteiger partial charge in [0.2, 0.25) is 5.95 Å². The van der Waals surface area contributed by atoms with Crippen LogP contribution in [0.25, 0.3) is 0 Å². The fourth-order valence-electron chi connectivity index (χ4n) is 3.25. The first-order chi connectivity index (χ1) is 13.0. The second-order valence-electron chi connectivity index (χ2n) is 6.95. The van der Waals surface area contributed by atoms with Crippen LogP contribution in [0.15, 0.2) is 24.3 Å². The van der Waals surface area contributed by atoms with E-state index < -0.39 is 0 Å². The predicted octanol–water partition coefficient (Wildman–Crippen LogP) is 3.05. The fourth-order valence-corrected chi connectivity index (χ4v) is 3.25. The van der Waals surface area contributed by atoms with Crippen LogP contribution in [-0.2, 0) is 6.42 Å². The van der Waals surface area contributed by atoms with Crippen molar-refractivity contribution in [1.82, 2.24) is 14.9 Å². The molecule has 0 spiro atoms. The van der Waals surface area contributed by atoms with E-state index in [9.17, 15) is 4.79 Å². The van der Waals surface area contributed by atoms with Crippen LogP contribution in [0.2, 0.25) is 0 Å². The largest absolute Gasteiger partial charge is 0.338 e. The average molecular weight is 368 g/mol. The number of anilines is 3. The standard InChI is InChI=1S/C20H28N6O/c1-5-16-8-6-7-9-17(16)23-20(27)24-18-14(2)21-19(22-15(18)3)26-12-10-25(4)11-13-26/h6-9H,5,10-13H2,1-4H3,(H2,23,24,27). The van der Waals surface area contributed by atoms with Crippen LogP contribution in [0, 0.1) is 13.8 Å². The van der Waals surface area contributed by atoms with E-state index in [-0.39, 0.29) is 6.03 Å². The number of carbonyl (C=O) groups is 1. The number of piperazine rings is 1. The SMILES string of the molecule is CCc1ccccc1NC(=O)Nc1c(C)nc(N2CCN(C)CC2)nc1C. The molecule has 1 aliphatic rings. The van der Waals surface area contributed by atoms with Crippen LogP contribution >= 0.6 is 0 Å². The van der Waals surface area contributed by atoms with Gasteiger partial charge in [0.25, 0.3) is 0 Å². The first-order valence-electron chi connectivity index (χ1n) is 9.42. The Labute approximate surface area is 160 Å². The Morgan fingerprint density at radius 3 is 2.30 bits per heavy atom. The fraction of sp³-hybridized carbons (Fsp3) is 0.450. The molecule has 0 unspecified atom stereocenters. The van der Waals surface area contributed by atoms with E-state index >= 15 is 0 Å². The van der Waals surface area contributed by atoms with Crippen LogP contribution in [0.1, 0.15) is 23.9 Å². The van der Waals surface area contributed by atoms with E-state index in [4.69, 9.17) is 0 Å². The van der Waals surface area contributed by atoms with Crippen molar-refractivity contribution in [3.63, 3.8) is 0 Å². The summed E-state index contributed by atoms with van der Waals surface area (Å²) < 4.78 is 0. The van der Waals surface area contributed by atoms with Gasteiger partial charge >= 0.3 is 6.03 Å². The molecule has 144 valence electrons. The summed E-state index contributed by atoms with van der Waals surface area (Å²) in [5.41, 5.74) is 4.13. The number of rotatable bonds is 4. The number of amides is 2. The molecular formula is C20H28N6O. The lowest BCUT2D eigenvalue weighted by atomic mass is 10.1. The number of likely N-dealkylation sites (N-methyl/N-ethyl adjacent to an activating group) is 1. The number of carbonyl (C=O) groups excluding carboxylic acids is 1. The highest BCUT2D eigenvalue weighted by atomic mass is 16.2. The minimum atomic E-state index is -0.280. The maximum absolute atomic E-state index is 12.5. The Hall–Kier alpha value is -2.67. The van der Waals surface area contributed by atoms with Gasteiger partial charge in [0.1, 0.15) is 0 Å². The van der Waals surface area contributed by atoms with Crippen LogP contribution in [0.5, 0.6) is 0 Å². The summed E-state index contributed by atoms with van der Waals surface area (Å²) in [5, 5.41) is 5.84. The summed E-state index contributed by atoms with van der Waals surface area (Å²) in [7, 11) is 2.12. The molecule has 0 bridgehead atoms. The molecule has 0 atom stereocenters. The summed E-state index contributed by atoms with van der Waals surface area (Å²) in [6.07, 6.45) is 0.858. The number of nitrogens with zero attached hydrogens (tertiary/aromatic N) is 4. The number of hydrogen-bond donors (Lipinski definition) is 2. The quantitative estimate of drug-likeness (QED) is 0.868. The lowest BCUT2D eigenvalue weighted by Crippen LogP contribution is -2.45. The molecular weight excluding hydrogens is 340 g/mol. The maximum atomic E-state index is 12.5. The van der Waals surface area contributed by atoms with Gasteiger partial charge in [-0.1, -0.05) is 25.1 Å². The Morgan fingerprint density at radius 2 is 1.67 bits per heavy atom. The lowest BCUT2D eigenvalue weighted by molar-refractivity contribution is 0.262. The van der Waals surface area contributed by atoms with Crippen LogP contribution in [-0.4, -0.2) is 54.1 Å². The zero-order valence-corrected chi connectivity index (χ0v) is 16.5. The molecule has 2 heterocycles. The van der Waals surface area contributed by atoms with Crippen LogP contribution < -0.4 is 15.5 Å². The molecule has 0 aliphatic carbocycles. The van der Waals surface area contributed by atoms with E-state index in [1.807, 2.05) is 38.1 Å². The molecule has 1 fully saturated rings. The van der Waals surface area contributed by atoms with Crippen molar-refractivity contribution in [2.24, 2.45) is 0 Å². The normalized spacial score (nSPS) is 14.9. The molecule has 1 saturated heterocycles. The first kappa shape index (κ1) is 19.1. The molecule has 27 heavy (non-hydrogen) atoms. The van der Waals surface area contributed by atoms with Gasteiger partial charge in [0, 0.05) is 31.9 Å². The topological polar surface area (TPSA) is 73.4 Å². The molecule has 0 saturated carbocycles. The van der Waals surface area contributed by atoms with E-state index in [2.05, 4.69) is 44.4 Å². The van der Waals surface area contributed by atoms with Crippen molar-refractivity contribution >= 4 is 23.4 Å². The highest BCUT2D eigenvalue weighted by molar-refractivity contribution is 6.00. The molecule has 2 aromatic rings. The van der Waals surface area contributed by atoms with Gasteiger partial charge in [-0.3, -0.25) is 0 Å². The van der Waals surface area contributed by atoms with Crippen molar-refractivity contribution in [2.75, 3.05) is 48.8 Å². The summed E-state index contributed by atoms with van der Waals surface area (Å²) in [6, 6.07) is 7.53. The number of hydrogen-bond acceptors (Lipinski definition) is 5. The third-order valence-electron chi connectivity index (χ3n) is 4.93. The molecule has 2 N–H and O–H groups in total. The lowest BCUT2D eigenvalue weighted by Gasteiger charge is -2.32. The monoisotopic (exact) mass is 368 g/mol. The average Bonchev–Trinajstić information content (AvgIpc) is 2.65. The first-order valence-corrected chi connectivity index (χ1v) is 9.42. The van der Waals surface area contributed by atoms with Crippen molar-refractivity contribution < 1.29 is 4.79 Å². The number of benzene rings is 1. The highest BCUT2D eigenvalue weighted by Crippen LogP contribution is 2.22. The van der Waals surface area contributed by atoms with Gasteiger partial charge in [0.05, 0.1) is 17.1 Å². The summed E-state index contributed by atoms with van der Waals surface area (Å²) in [4.78, 5) is 26.2. The molecule has 0 radical (unpaired) electrons. The maximum Gasteiger partial charge on any atom is 0.323 e. The Morgan fingerprint density at radius 1 is 1.04 bits per heavy atom. The number of nitrogens with one attached hydrogen (secondary N) is 2. The summed E-state index contributed by atoms with van der Waals surface area (Å²) in [5.74, 6) is 0.736. The summed E-state index contributed by atoms with van der Waals surface area (Å²) in [6.45, 7) is 9.71. The molecule has 7 nitrogen and oxygen atoms in total. The Bertz CT molecular complexity index is 791. The molecule has 2 amide bonds. The highest BCUT2D eigenvalue weighted by Gasteiger charge is 2.19. The number of urea groups is 1. The molecule has 1 aromatic heterocycles. The summed E-state index contributed by atoms with van der Waals surface area (Å²) >= 11 is 0. The second-order valence-corrected chi connectivity index (χ2v) is 6.95. The van der Waals surface area contributed by atoms with Crippen LogP contribution in [0.4, 0.5) is 22.1 Å². The third-order valence-corrected chi connectivity index (χ3v) is 4.93. The van der Waals surface area contributed by atoms with Crippen molar-refractivity contribution in [1.29, 1.82) is 0 Å². The smallest absolute Gasteiger partial charge is 0.323 e. The van der Waals surface area contributed by atoms with Gasteiger partial charge in [0.15, 0.2) is 0 Å². The van der Waals surface area contributed by atoms with Gasteiger partial charge in [-0.25, -0.2) is 14.8 Å². The number of aryl methyl sites for hydroxylation is 3. The van der Waals surface area contributed by atoms with Crippen LogP contribution in [0.3, 0.4) is 0 Å². The van der Waals surface area contributed by atoms with Crippen molar-refractivity contribution in [3.8, 4) is 0 Å². The van der Waals surface area contributed by atoms with E-state index in [1.165, 1.54) is 0 Å². The van der Waals surface area contributed by atoms with E-state index in [0.717, 1.165) is 61.2 Å². The molecule has 1 aromatic carbocycles. The zero-order chi connectivity index (χ0) is 19.4. The second kappa shape index (κ2) is 8.35. The number of para-hydroxylation sites is 1. The molecule has 7 heteroatoms. The predicted molar refractivity (Wildman–Crippen MR) is 110 cm³/mol. The Kier molecular flexibility index (Phi) is 5.91. The van der Waals surface area contributed by atoms with Crippen molar-refractivity contribution in [3.05, 3.63) is 41.2 Å². The third kappa shape index (κ3) is 4.54. The van der Waals surface area contributed by atoms with Gasteiger partial charge in [-0.05, 0) is 38.9 Å². The van der Waals surface area contributed by atoms with E-state index in [1.54, 1.807) is 0 Å². The number of aromatic nitrogens is 2. The Balaban J connectivity index is 1.72. The minimum Gasteiger partial charge on any atom is -0.338 e. The zero-order valence-electron chi connectivity index (χ0n) is 16.5. The van der Waals surface area contributed by atoms with Crippen molar-refractivity contribution in [2.45, 2.75) is 27.2 Å². The molecule has 3 rings (SSSR count). The molecule has 1 aliphatic heterocycles. The van der Waals surface area contributed by atoms with Gasteiger partial charge in [-0.2, -0.15) is 0 Å². The van der Waals surface area contributed by atoms with Gasteiger partial charge in [-0.15, -0.1) is 0 Å². The van der Waals surface area contributed by atoms with E-state index in [0.29, 0.717) is 5.69 Å². The minimum absolute atomic E-state index is 0.280.